The highest BCUT2D eigenvalue weighted by Gasteiger charge is 2.25. The fourth-order valence-corrected chi connectivity index (χ4v) is 2.88. The van der Waals surface area contributed by atoms with Crippen molar-refractivity contribution in [2.45, 2.75) is 71.1 Å². The largest absolute Gasteiger partial charge is 0.444 e. The van der Waals surface area contributed by atoms with Gasteiger partial charge in [-0.2, -0.15) is 0 Å². The van der Waals surface area contributed by atoms with Crippen molar-refractivity contribution in [3.63, 3.8) is 0 Å². The van der Waals surface area contributed by atoms with Crippen LogP contribution in [0.2, 0.25) is 0 Å². The Morgan fingerprint density at radius 1 is 1.26 bits per heavy atom. The highest BCUT2D eigenvalue weighted by atomic mass is 19.1. The summed E-state index contributed by atoms with van der Waals surface area (Å²) in [6.45, 7) is 7.40. The third-order valence-corrected chi connectivity index (χ3v) is 3.88. The molecule has 2 atom stereocenters. The summed E-state index contributed by atoms with van der Waals surface area (Å²) in [5.41, 5.74) is 0.932. The van der Waals surface area contributed by atoms with Crippen molar-refractivity contribution in [1.82, 2.24) is 5.32 Å². The maximum absolute atomic E-state index is 13.9. The van der Waals surface area contributed by atoms with Crippen LogP contribution in [-0.2, 0) is 4.74 Å². The van der Waals surface area contributed by atoms with Gasteiger partial charge in [0.15, 0.2) is 0 Å². The van der Waals surface area contributed by atoms with Gasteiger partial charge in [0.05, 0.1) is 5.69 Å². The van der Waals surface area contributed by atoms with Crippen molar-refractivity contribution >= 4 is 11.8 Å². The minimum atomic E-state index is -0.499. The van der Waals surface area contributed by atoms with Crippen LogP contribution >= 0.6 is 0 Å². The number of halogens is 1. The van der Waals surface area contributed by atoms with Crippen molar-refractivity contribution in [2.24, 2.45) is 0 Å². The Hall–Kier alpha value is -1.78. The van der Waals surface area contributed by atoms with Crippen LogP contribution in [-0.4, -0.2) is 23.8 Å². The molecule has 4 nitrogen and oxygen atoms in total. The van der Waals surface area contributed by atoms with E-state index < -0.39 is 5.60 Å². The van der Waals surface area contributed by atoms with E-state index in [9.17, 15) is 9.18 Å². The maximum Gasteiger partial charge on any atom is 0.407 e. The molecule has 2 rings (SSSR count). The van der Waals surface area contributed by atoms with Crippen molar-refractivity contribution in [1.29, 1.82) is 0 Å². The SMILES string of the molecule is Cc1ccc(NC2CCCC(NC(=O)OC(C)(C)C)C2)c(F)c1. The number of rotatable bonds is 3. The van der Waals surface area contributed by atoms with Gasteiger partial charge in [-0.05, 0) is 71.1 Å². The molecule has 1 saturated carbocycles. The number of hydrogen-bond acceptors (Lipinski definition) is 3. The fourth-order valence-electron chi connectivity index (χ4n) is 2.88. The Balaban J connectivity index is 1.89. The molecule has 2 unspecified atom stereocenters. The van der Waals surface area contributed by atoms with Crippen LogP contribution in [0, 0.1) is 12.7 Å². The van der Waals surface area contributed by atoms with Crippen LogP contribution in [0.25, 0.3) is 0 Å². The van der Waals surface area contributed by atoms with E-state index in [1.165, 1.54) is 6.07 Å². The predicted molar refractivity (Wildman–Crippen MR) is 90.2 cm³/mol. The Morgan fingerprint density at radius 3 is 2.61 bits per heavy atom. The van der Waals surface area contributed by atoms with Crippen LogP contribution in [0.15, 0.2) is 18.2 Å². The number of carbonyl (C=O) groups is 1. The van der Waals surface area contributed by atoms with Gasteiger partial charge < -0.3 is 15.4 Å². The number of aryl methyl sites for hydroxylation is 1. The Bertz CT molecular complexity index is 554. The lowest BCUT2D eigenvalue weighted by atomic mass is 9.91. The first kappa shape index (κ1) is 17.6. The molecule has 1 aliphatic carbocycles. The van der Waals surface area contributed by atoms with Gasteiger partial charge in [-0.15, -0.1) is 0 Å². The van der Waals surface area contributed by atoms with Crippen molar-refractivity contribution in [3.05, 3.63) is 29.6 Å². The minimum absolute atomic E-state index is 0.0598. The van der Waals surface area contributed by atoms with E-state index in [1.807, 2.05) is 33.8 Å². The third kappa shape index (κ3) is 5.73. The van der Waals surface area contributed by atoms with E-state index in [1.54, 1.807) is 6.07 Å². The number of anilines is 1. The lowest BCUT2D eigenvalue weighted by Crippen LogP contribution is -2.43. The second-order valence-electron chi connectivity index (χ2n) is 7.33. The summed E-state index contributed by atoms with van der Waals surface area (Å²) in [5.74, 6) is -0.229. The van der Waals surface area contributed by atoms with E-state index in [2.05, 4.69) is 10.6 Å². The summed E-state index contributed by atoms with van der Waals surface area (Å²) in [5, 5.41) is 6.18. The van der Waals surface area contributed by atoms with E-state index in [0.29, 0.717) is 5.69 Å². The number of nitrogens with one attached hydrogen (secondary N) is 2. The molecule has 128 valence electrons. The number of carbonyl (C=O) groups excluding carboxylic acids is 1. The monoisotopic (exact) mass is 322 g/mol. The first-order valence-corrected chi connectivity index (χ1v) is 8.25. The smallest absolute Gasteiger partial charge is 0.407 e. The van der Waals surface area contributed by atoms with E-state index in [4.69, 9.17) is 4.74 Å². The molecule has 0 aromatic heterocycles. The maximum atomic E-state index is 13.9. The van der Waals surface area contributed by atoms with Crippen molar-refractivity contribution in [3.8, 4) is 0 Å². The molecule has 0 saturated heterocycles. The molecule has 0 aliphatic heterocycles. The number of amides is 1. The number of hydrogen-bond donors (Lipinski definition) is 2. The summed E-state index contributed by atoms with van der Waals surface area (Å²) in [4.78, 5) is 11.9. The molecule has 2 N–H and O–H groups in total. The molecule has 1 amide bonds. The molecule has 0 heterocycles. The Labute approximate surface area is 137 Å². The normalized spacial score (nSPS) is 21.6. The molecule has 0 bridgehead atoms. The number of ether oxygens (including phenoxy) is 1. The molecule has 1 aromatic carbocycles. The predicted octanol–water partition coefficient (Wildman–Crippen LogP) is 4.38. The quantitative estimate of drug-likeness (QED) is 0.868. The van der Waals surface area contributed by atoms with Crippen LogP contribution in [0.1, 0.15) is 52.0 Å². The van der Waals surface area contributed by atoms with Gasteiger partial charge in [-0.25, -0.2) is 9.18 Å². The number of benzene rings is 1. The van der Waals surface area contributed by atoms with E-state index in [-0.39, 0.29) is 24.0 Å². The van der Waals surface area contributed by atoms with Gasteiger partial charge in [0.1, 0.15) is 11.4 Å². The fraction of sp³-hybridized carbons (Fsp3) is 0.611. The average molecular weight is 322 g/mol. The Morgan fingerprint density at radius 2 is 1.96 bits per heavy atom. The lowest BCUT2D eigenvalue weighted by molar-refractivity contribution is 0.0492. The second kappa shape index (κ2) is 7.20. The summed E-state index contributed by atoms with van der Waals surface area (Å²) in [6, 6.07) is 5.41. The molecule has 5 heteroatoms. The summed E-state index contributed by atoms with van der Waals surface area (Å²) in [6.07, 6.45) is 3.27. The highest BCUT2D eigenvalue weighted by Crippen LogP contribution is 2.24. The van der Waals surface area contributed by atoms with Crippen LogP contribution in [0.5, 0.6) is 0 Å². The molecule has 0 radical (unpaired) electrons. The third-order valence-electron chi connectivity index (χ3n) is 3.88. The lowest BCUT2D eigenvalue weighted by Gasteiger charge is -2.31. The molecular formula is C18H27FN2O2. The minimum Gasteiger partial charge on any atom is -0.444 e. The number of alkyl carbamates (subject to hydrolysis) is 1. The zero-order valence-electron chi connectivity index (χ0n) is 14.4. The van der Waals surface area contributed by atoms with Gasteiger partial charge in [-0.1, -0.05) is 6.07 Å². The molecule has 1 aromatic rings. The van der Waals surface area contributed by atoms with Crippen molar-refractivity contribution < 1.29 is 13.9 Å². The van der Waals surface area contributed by atoms with Gasteiger partial charge in [0.2, 0.25) is 0 Å². The van der Waals surface area contributed by atoms with Gasteiger partial charge >= 0.3 is 6.09 Å². The van der Waals surface area contributed by atoms with Crippen molar-refractivity contribution in [2.75, 3.05) is 5.32 Å². The molecule has 1 fully saturated rings. The Kier molecular flexibility index (Phi) is 5.50. The molecule has 1 aliphatic rings. The topological polar surface area (TPSA) is 50.4 Å². The van der Waals surface area contributed by atoms with Crippen LogP contribution in [0.3, 0.4) is 0 Å². The van der Waals surface area contributed by atoms with Gasteiger partial charge in [-0.3, -0.25) is 0 Å². The molecular weight excluding hydrogens is 295 g/mol. The van der Waals surface area contributed by atoms with E-state index >= 15 is 0 Å². The van der Waals surface area contributed by atoms with E-state index in [0.717, 1.165) is 31.2 Å². The zero-order chi connectivity index (χ0) is 17.0. The summed E-state index contributed by atoms with van der Waals surface area (Å²) >= 11 is 0. The second-order valence-corrected chi connectivity index (χ2v) is 7.33. The van der Waals surface area contributed by atoms with Gasteiger partial charge in [0, 0.05) is 12.1 Å². The van der Waals surface area contributed by atoms with Gasteiger partial charge in [0.25, 0.3) is 0 Å². The standard InChI is InChI=1S/C18H27FN2O2/c1-12-8-9-16(15(19)10-12)20-13-6-5-7-14(11-13)21-17(22)23-18(2,3)4/h8-10,13-14,20H,5-7,11H2,1-4H3,(H,21,22). The highest BCUT2D eigenvalue weighted by molar-refractivity contribution is 5.68. The average Bonchev–Trinajstić information content (AvgIpc) is 2.40. The summed E-state index contributed by atoms with van der Waals surface area (Å²) < 4.78 is 19.2. The zero-order valence-corrected chi connectivity index (χ0v) is 14.4. The molecule has 23 heavy (non-hydrogen) atoms. The first-order valence-electron chi connectivity index (χ1n) is 8.25. The molecule has 0 spiro atoms. The van der Waals surface area contributed by atoms with Crippen LogP contribution < -0.4 is 10.6 Å². The summed E-state index contributed by atoms with van der Waals surface area (Å²) in [7, 11) is 0. The first-order chi connectivity index (χ1) is 10.7. The van der Waals surface area contributed by atoms with Crippen LogP contribution in [0.4, 0.5) is 14.9 Å².